The van der Waals surface area contributed by atoms with Gasteiger partial charge < -0.3 is 13.9 Å². The Kier molecular flexibility index (Phi) is 5.04. The lowest BCUT2D eigenvalue weighted by Gasteiger charge is -2.07. The summed E-state index contributed by atoms with van der Waals surface area (Å²) in [4.78, 5) is 12.1. The molecule has 0 radical (unpaired) electrons. The first kappa shape index (κ1) is 17.0. The van der Waals surface area contributed by atoms with E-state index in [4.69, 9.17) is 13.9 Å². The van der Waals surface area contributed by atoms with Crippen LogP contribution in [0.4, 0.5) is 0 Å². The van der Waals surface area contributed by atoms with Crippen molar-refractivity contribution in [2.24, 2.45) is 5.10 Å². The number of nitrogens with one attached hydrogen (secondary N) is 1. The van der Waals surface area contributed by atoms with Crippen molar-refractivity contribution < 1.29 is 18.7 Å². The average Bonchev–Trinajstić information content (AvgIpc) is 3.04. The third-order valence-corrected chi connectivity index (χ3v) is 3.98. The smallest absolute Gasteiger partial charge is 0.307 e. The zero-order valence-electron chi connectivity index (χ0n) is 13.6. The Morgan fingerprint density at radius 2 is 1.92 bits per heavy atom. The summed E-state index contributed by atoms with van der Waals surface area (Å²) in [5.41, 5.74) is 3.83. The summed E-state index contributed by atoms with van der Waals surface area (Å²) in [5.74, 6) is 0.972. The van der Waals surface area contributed by atoms with Crippen molar-refractivity contribution in [3.8, 4) is 11.5 Å². The molecule has 1 heterocycles. The maximum atomic E-state index is 12.1. The van der Waals surface area contributed by atoms with Crippen molar-refractivity contribution in [2.45, 2.75) is 0 Å². The standard InChI is InChI=1S/C18H15BrN2O4/c1-23-15-5-3-11(7-16(15)24-2)10-20-21-18(22)17-9-12-8-13(19)4-6-14(12)25-17/h3-10H,1-2H3,(H,21,22)/b20-10+. The van der Waals surface area contributed by atoms with Crippen molar-refractivity contribution in [2.75, 3.05) is 14.2 Å². The first-order chi connectivity index (χ1) is 12.1. The zero-order chi connectivity index (χ0) is 17.8. The summed E-state index contributed by atoms with van der Waals surface area (Å²) in [6.45, 7) is 0. The van der Waals surface area contributed by atoms with E-state index >= 15 is 0 Å². The Hall–Kier alpha value is -2.80. The van der Waals surface area contributed by atoms with Crippen molar-refractivity contribution in [3.63, 3.8) is 0 Å². The van der Waals surface area contributed by atoms with Crippen LogP contribution in [0.2, 0.25) is 0 Å². The number of benzene rings is 2. The number of rotatable bonds is 5. The second kappa shape index (κ2) is 7.40. The van der Waals surface area contributed by atoms with Gasteiger partial charge in [-0.1, -0.05) is 15.9 Å². The molecule has 0 unspecified atom stereocenters. The highest BCUT2D eigenvalue weighted by Crippen LogP contribution is 2.27. The molecule has 2 aromatic carbocycles. The first-order valence-corrected chi connectivity index (χ1v) is 8.14. The van der Waals surface area contributed by atoms with Crippen LogP contribution >= 0.6 is 15.9 Å². The molecule has 0 aliphatic heterocycles. The molecule has 0 atom stereocenters. The highest BCUT2D eigenvalue weighted by Gasteiger charge is 2.11. The van der Waals surface area contributed by atoms with E-state index in [9.17, 15) is 4.79 Å². The normalized spacial score (nSPS) is 11.0. The van der Waals surface area contributed by atoms with Gasteiger partial charge >= 0.3 is 5.91 Å². The topological polar surface area (TPSA) is 73.1 Å². The van der Waals surface area contributed by atoms with Crippen LogP contribution in [0.1, 0.15) is 16.1 Å². The molecular weight excluding hydrogens is 388 g/mol. The lowest BCUT2D eigenvalue weighted by atomic mass is 10.2. The molecule has 0 bridgehead atoms. The van der Waals surface area contributed by atoms with Crippen molar-refractivity contribution >= 4 is 39.0 Å². The van der Waals surface area contributed by atoms with Crippen molar-refractivity contribution in [3.05, 3.63) is 58.3 Å². The van der Waals surface area contributed by atoms with Gasteiger partial charge in [-0.25, -0.2) is 5.43 Å². The Bertz CT molecular complexity index is 949. The molecule has 7 heteroatoms. The number of methoxy groups -OCH3 is 2. The second-order valence-electron chi connectivity index (χ2n) is 5.11. The van der Waals surface area contributed by atoms with E-state index in [0.717, 1.165) is 15.4 Å². The Morgan fingerprint density at radius 3 is 2.68 bits per heavy atom. The monoisotopic (exact) mass is 402 g/mol. The number of ether oxygens (including phenoxy) is 2. The van der Waals surface area contributed by atoms with Gasteiger partial charge in [0, 0.05) is 9.86 Å². The molecule has 3 rings (SSSR count). The fourth-order valence-electron chi connectivity index (χ4n) is 2.28. The number of carbonyl (C=O) groups excluding carboxylic acids is 1. The number of amides is 1. The molecule has 6 nitrogen and oxygen atoms in total. The van der Waals surface area contributed by atoms with Crippen LogP contribution in [0.15, 0.2) is 56.5 Å². The van der Waals surface area contributed by atoms with Gasteiger partial charge in [0.05, 0.1) is 20.4 Å². The quantitative estimate of drug-likeness (QED) is 0.517. The van der Waals surface area contributed by atoms with E-state index in [0.29, 0.717) is 17.1 Å². The third kappa shape index (κ3) is 3.83. The summed E-state index contributed by atoms with van der Waals surface area (Å²) in [7, 11) is 3.12. The number of hydrazone groups is 1. The Balaban J connectivity index is 1.71. The summed E-state index contributed by atoms with van der Waals surface area (Å²) < 4.78 is 16.8. The summed E-state index contributed by atoms with van der Waals surface area (Å²) >= 11 is 3.38. The number of hydrogen-bond acceptors (Lipinski definition) is 5. The van der Waals surface area contributed by atoms with E-state index in [1.807, 2.05) is 12.1 Å². The molecule has 0 aliphatic rings. The molecule has 0 fully saturated rings. The van der Waals surface area contributed by atoms with Gasteiger partial charge in [-0.3, -0.25) is 4.79 Å². The molecule has 0 spiro atoms. The summed E-state index contributed by atoms with van der Waals surface area (Å²) in [5, 5.41) is 4.78. The molecule has 128 valence electrons. The summed E-state index contributed by atoms with van der Waals surface area (Å²) in [6.07, 6.45) is 1.51. The van der Waals surface area contributed by atoms with Crippen LogP contribution in [0.25, 0.3) is 11.0 Å². The number of furan rings is 1. The number of carbonyl (C=O) groups is 1. The van der Waals surface area contributed by atoms with Crippen molar-refractivity contribution in [1.82, 2.24) is 5.43 Å². The fraction of sp³-hybridized carbons (Fsp3) is 0.111. The Morgan fingerprint density at radius 1 is 1.12 bits per heavy atom. The molecule has 3 aromatic rings. The van der Waals surface area contributed by atoms with E-state index in [1.165, 1.54) is 6.21 Å². The van der Waals surface area contributed by atoms with Gasteiger partial charge in [0.2, 0.25) is 0 Å². The predicted molar refractivity (Wildman–Crippen MR) is 98.5 cm³/mol. The minimum Gasteiger partial charge on any atom is -0.493 e. The van der Waals surface area contributed by atoms with Crippen LogP contribution in [-0.4, -0.2) is 26.3 Å². The highest BCUT2D eigenvalue weighted by molar-refractivity contribution is 9.10. The molecule has 1 N–H and O–H groups in total. The minimum absolute atomic E-state index is 0.192. The molecular formula is C18H15BrN2O4. The second-order valence-corrected chi connectivity index (χ2v) is 6.02. The zero-order valence-corrected chi connectivity index (χ0v) is 15.2. The number of fused-ring (bicyclic) bond motifs is 1. The molecule has 0 saturated carbocycles. The number of nitrogens with zero attached hydrogens (tertiary/aromatic N) is 1. The maximum absolute atomic E-state index is 12.1. The first-order valence-electron chi connectivity index (χ1n) is 7.35. The highest BCUT2D eigenvalue weighted by atomic mass is 79.9. The third-order valence-electron chi connectivity index (χ3n) is 3.49. The molecule has 0 aliphatic carbocycles. The van der Waals surface area contributed by atoms with Gasteiger partial charge in [-0.05, 0) is 48.0 Å². The van der Waals surface area contributed by atoms with Gasteiger partial charge in [0.1, 0.15) is 5.58 Å². The fourth-order valence-corrected chi connectivity index (χ4v) is 2.66. The van der Waals surface area contributed by atoms with E-state index in [2.05, 4.69) is 26.5 Å². The molecule has 1 amide bonds. The van der Waals surface area contributed by atoms with Crippen LogP contribution in [0, 0.1) is 0 Å². The van der Waals surface area contributed by atoms with Gasteiger partial charge in [-0.2, -0.15) is 5.10 Å². The lowest BCUT2D eigenvalue weighted by molar-refractivity contribution is 0.0929. The van der Waals surface area contributed by atoms with Gasteiger partial charge in [-0.15, -0.1) is 0 Å². The van der Waals surface area contributed by atoms with Gasteiger partial charge in [0.25, 0.3) is 0 Å². The predicted octanol–water partition coefficient (Wildman–Crippen LogP) is 3.98. The number of halogens is 1. The molecule has 0 saturated heterocycles. The lowest BCUT2D eigenvalue weighted by Crippen LogP contribution is -2.16. The van der Waals surface area contributed by atoms with Crippen LogP contribution in [-0.2, 0) is 0 Å². The summed E-state index contributed by atoms with van der Waals surface area (Å²) in [6, 6.07) is 12.5. The van der Waals surface area contributed by atoms with Gasteiger partial charge in [0.15, 0.2) is 17.3 Å². The maximum Gasteiger partial charge on any atom is 0.307 e. The van der Waals surface area contributed by atoms with Crippen LogP contribution in [0.3, 0.4) is 0 Å². The van der Waals surface area contributed by atoms with E-state index in [1.54, 1.807) is 44.6 Å². The largest absolute Gasteiger partial charge is 0.493 e. The van der Waals surface area contributed by atoms with Crippen LogP contribution < -0.4 is 14.9 Å². The van der Waals surface area contributed by atoms with E-state index < -0.39 is 5.91 Å². The Labute approximate surface area is 152 Å². The molecule has 25 heavy (non-hydrogen) atoms. The average molecular weight is 403 g/mol. The SMILES string of the molecule is COc1ccc(/C=N/NC(=O)c2cc3cc(Br)ccc3o2)cc1OC. The van der Waals surface area contributed by atoms with Crippen molar-refractivity contribution in [1.29, 1.82) is 0 Å². The van der Waals surface area contributed by atoms with Crippen LogP contribution in [0.5, 0.6) is 11.5 Å². The molecule has 1 aromatic heterocycles. The minimum atomic E-state index is -0.427. The van der Waals surface area contributed by atoms with E-state index in [-0.39, 0.29) is 5.76 Å². The number of hydrogen-bond donors (Lipinski definition) is 1.